The molecule has 0 aliphatic rings. The van der Waals surface area contributed by atoms with Gasteiger partial charge >= 0.3 is 5.97 Å². The Bertz CT molecular complexity index is 584. The Kier molecular flexibility index (Phi) is 3.58. The Hall–Kier alpha value is -1.94. The Balaban J connectivity index is 2.48. The predicted octanol–water partition coefficient (Wildman–Crippen LogP) is 3.33. The molecule has 1 aromatic heterocycles. The number of halogens is 2. The van der Waals surface area contributed by atoms with Gasteiger partial charge in [-0.1, -0.05) is 11.6 Å². The zero-order valence-electron chi connectivity index (χ0n) is 9.48. The molecule has 0 amide bonds. The lowest BCUT2D eigenvalue weighted by atomic mass is 10.1. The van der Waals surface area contributed by atoms with E-state index in [1.165, 1.54) is 25.3 Å². The van der Waals surface area contributed by atoms with Gasteiger partial charge < -0.3 is 4.74 Å². The first-order valence-corrected chi connectivity index (χ1v) is 5.50. The van der Waals surface area contributed by atoms with E-state index in [-0.39, 0.29) is 11.0 Å². The van der Waals surface area contributed by atoms with Crippen molar-refractivity contribution < 1.29 is 13.9 Å². The van der Waals surface area contributed by atoms with Crippen LogP contribution in [0.4, 0.5) is 4.39 Å². The van der Waals surface area contributed by atoms with Crippen LogP contribution < -0.4 is 0 Å². The van der Waals surface area contributed by atoms with Gasteiger partial charge in [0.25, 0.3) is 0 Å². The van der Waals surface area contributed by atoms with Gasteiger partial charge in [-0.3, -0.25) is 0 Å². The molecule has 3 nitrogen and oxygen atoms in total. The monoisotopic (exact) mass is 265 g/mol. The van der Waals surface area contributed by atoms with Gasteiger partial charge in [0, 0.05) is 5.56 Å². The van der Waals surface area contributed by atoms with E-state index in [1.54, 1.807) is 18.2 Å². The van der Waals surface area contributed by atoms with Crippen molar-refractivity contribution in [2.75, 3.05) is 7.11 Å². The fraction of sp³-hybridized carbons (Fsp3) is 0.0769. The van der Waals surface area contributed by atoms with Crippen LogP contribution in [-0.4, -0.2) is 18.1 Å². The van der Waals surface area contributed by atoms with E-state index in [0.29, 0.717) is 16.8 Å². The number of hydrogen-bond acceptors (Lipinski definition) is 3. The molecule has 0 aliphatic heterocycles. The first-order valence-electron chi connectivity index (χ1n) is 5.12. The van der Waals surface area contributed by atoms with Crippen LogP contribution in [0.2, 0.25) is 5.15 Å². The van der Waals surface area contributed by atoms with Crippen molar-refractivity contribution in [2.45, 2.75) is 0 Å². The third kappa shape index (κ3) is 2.65. The van der Waals surface area contributed by atoms with Crippen molar-refractivity contribution >= 4 is 17.6 Å². The highest BCUT2D eigenvalue weighted by Crippen LogP contribution is 2.22. The molecule has 92 valence electrons. The molecule has 1 heterocycles. The molecule has 2 rings (SSSR count). The number of carbonyl (C=O) groups is 1. The van der Waals surface area contributed by atoms with Crippen LogP contribution in [0.5, 0.6) is 0 Å². The second kappa shape index (κ2) is 5.14. The summed E-state index contributed by atoms with van der Waals surface area (Å²) in [6.45, 7) is 0. The minimum Gasteiger partial charge on any atom is -0.465 e. The maximum Gasteiger partial charge on any atom is 0.338 e. The number of carbonyl (C=O) groups excluding carboxylic acids is 1. The lowest BCUT2D eigenvalue weighted by Crippen LogP contribution is -2.02. The van der Waals surface area contributed by atoms with Gasteiger partial charge in [0.15, 0.2) is 0 Å². The number of nitrogens with zero attached hydrogens (tertiary/aromatic N) is 1. The molecule has 1 aromatic carbocycles. The molecular weight excluding hydrogens is 257 g/mol. The SMILES string of the molecule is COC(=O)c1cc(Cl)nc(-c2ccc(F)cc2)c1. The van der Waals surface area contributed by atoms with Gasteiger partial charge in [-0.2, -0.15) is 0 Å². The second-order valence-electron chi connectivity index (χ2n) is 3.56. The minimum atomic E-state index is -0.498. The number of aromatic nitrogens is 1. The molecule has 0 unspecified atom stereocenters. The number of benzene rings is 1. The highest BCUT2D eigenvalue weighted by Gasteiger charge is 2.10. The third-order valence-electron chi connectivity index (χ3n) is 2.36. The van der Waals surface area contributed by atoms with Crippen LogP contribution in [-0.2, 0) is 4.74 Å². The van der Waals surface area contributed by atoms with E-state index < -0.39 is 5.97 Å². The molecule has 0 spiro atoms. The van der Waals surface area contributed by atoms with E-state index >= 15 is 0 Å². The number of methoxy groups -OCH3 is 1. The quantitative estimate of drug-likeness (QED) is 0.618. The van der Waals surface area contributed by atoms with Crippen LogP contribution >= 0.6 is 11.6 Å². The zero-order valence-corrected chi connectivity index (χ0v) is 10.2. The van der Waals surface area contributed by atoms with Gasteiger partial charge in [0.1, 0.15) is 11.0 Å². The minimum absolute atomic E-state index is 0.178. The number of ether oxygens (including phenoxy) is 1. The number of rotatable bonds is 2. The molecule has 5 heteroatoms. The summed E-state index contributed by atoms with van der Waals surface area (Å²) in [6, 6.07) is 8.72. The van der Waals surface area contributed by atoms with E-state index in [2.05, 4.69) is 9.72 Å². The molecule has 0 bridgehead atoms. The summed E-state index contributed by atoms with van der Waals surface area (Å²) in [5.74, 6) is -0.836. The second-order valence-corrected chi connectivity index (χ2v) is 3.95. The van der Waals surface area contributed by atoms with Crippen molar-refractivity contribution in [2.24, 2.45) is 0 Å². The molecule has 0 N–H and O–H groups in total. The summed E-state index contributed by atoms with van der Waals surface area (Å²) in [6.07, 6.45) is 0. The lowest BCUT2D eigenvalue weighted by Gasteiger charge is -2.05. The molecule has 0 saturated heterocycles. The molecule has 0 radical (unpaired) electrons. The Morgan fingerprint density at radius 1 is 1.28 bits per heavy atom. The van der Waals surface area contributed by atoms with Crippen LogP contribution in [0.15, 0.2) is 36.4 Å². The molecule has 2 aromatic rings. The van der Waals surface area contributed by atoms with E-state index in [1.807, 2.05) is 0 Å². The van der Waals surface area contributed by atoms with E-state index in [4.69, 9.17) is 11.6 Å². The normalized spacial score (nSPS) is 10.2. The number of esters is 1. The molecule has 0 aliphatic carbocycles. The summed E-state index contributed by atoms with van der Waals surface area (Å²) in [5, 5.41) is 0.178. The third-order valence-corrected chi connectivity index (χ3v) is 2.55. The van der Waals surface area contributed by atoms with Gasteiger partial charge in [-0.25, -0.2) is 14.2 Å². The molecule has 0 fully saturated rings. The number of pyridine rings is 1. The summed E-state index contributed by atoms with van der Waals surface area (Å²) >= 11 is 5.84. The van der Waals surface area contributed by atoms with Crippen LogP contribution in [0.25, 0.3) is 11.3 Å². The van der Waals surface area contributed by atoms with Gasteiger partial charge in [-0.05, 0) is 36.4 Å². The predicted molar refractivity (Wildman–Crippen MR) is 66.0 cm³/mol. The smallest absolute Gasteiger partial charge is 0.338 e. The standard InChI is InChI=1S/C13H9ClFNO2/c1-18-13(17)9-6-11(16-12(14)7-9)8-2-4-10(15)5-3-8/h2-7H,1H3. The van der Waals surface area contributed by atoms with Crippen LogP contribution in [0.1, 0.15) is 10.4 Å². The molecule has 0 atom stereocenters. The molecular formula is C13H9ClFNO2. The highest BCUT2D eigenvalue weighted by molar-refractivity contribution is 6.29. The molecule has 0 saturated carbocycles. The first kappa shape index (κ1) is 12.5. The van der Waals surface area contributed by atoms with E-state index in [9.17, 15) is 9.18 Å². The van der Waals surface area contributed by atoms with Crippen molar-refractivity contribution in [1.82, 2.24) is 4.98 Å². The Labute approximate surface area is 108 Å². The maximum absolute atomic E-state index is 12.8. The van der Waals surface area contributed by atoms with Crippen molar-refractivity contribution in [3.63, 3.8) is 0 Å². The van der Waals surface area contributed by atoms with Crippen molar-refractivity contribution in [1.29, 1.82) is 0 Å². The molecule has 18 heavy (non-hydrogen) atoms. The average Bonchev–Trinajstić information content (AvgIpc) is 2.38. The van der Waals surface area contributed by atoms with Gasteiger partial charge in [0.2, 0.25) is 0 Å². The lowest BCUT2D eigenvalue weighted by molar-refractivity contribution is 0.0600. The zero-order chi connectivity index (χ0) is 13.1. The van der Waals surface area contributed by atoms with E-state index in [0.717, 1.165) is 0 Å². The van der Waals surface area contributed by atoms with Crippen LogP contribution in [0.3, 0.4) is 0 Å². The summed E-state index contributed by atoms with van der Waals surface area (Å²) in [7, 11) is 1.29. The topological polar surface area (TPSA) is 39.2 Å². The van der Waals surface area contributed by atoms with Crippen LogP contribution in [0, 0.1) is 5.82 Å². The highest BCUT2D eigenvalue weighted by atomic mass is 35.5. The van der Waals surface area contributed by atoms with Gasteiger partial charge in [-0.15, -0.1) is 0 Å². The summed E-state index contributed by atoms with van der Waals surface area (Å²) in [5.41, 5.74) is 1.46. The Morgan fingerprint density at radius 3 is 2.56 bits per heavy atom. The first-order chi connectivity index (χ1) is 8.60. The fourth-order valence-corrected chi connectivity index (χ4v) is 1.71. The maximum atomic E-state index is 12.8. The van der Waals surface area contributed by atoms with Gasteiger partial charge in [0.05, 0.1) is 18.4 Å². The fourth-order valence-electron chi connectivity index (χ4n) is 1.50. The summed E-state index contributed by atoms with van der Waals surface area (Å²) in [4.78, 5) is 15.5. The summed E-state index contributed by atoms with van der Waals surface area (Å²) < 4.78 is 17.4. The average molecular weight is 266 g/mol. The van der Waals surface area contributed by atoms with Crippen molar-refractivity contribution in [3.8, 4) is 11.3 Å². The Morgan fingerprint density at radius 2 is 1.94 bits per heavy atom. The van der Waals surface area contributed by atoms with Crippen molar-refractivity contribution in [3.05, 3.63) is 52.9 Å². The largest absolute Gasteiger partial charge is 0.465 e. The number of hydrogen-bond donors (Lipinski definition) is 0.